The number of ether oxygens (including phenoxy) is 1. The Morgan fingerprint density at radius 1 is 1.31 bits per heavy atom. The number of carbonyl (C=O) groups is 1. The molecule has 2 unspecified atom stereocenters. The minimum absolute atomic E-state index is 0. The summed E-state index contributed by atoms with van der Waals surface area (Å²) in [5.74, 6) is 0.862. The highest BCUT2D eigenvalue weighted by molar-refractivity contribution is 7.80. The molecule has 0 radical (unpaired) electrons. The molecule has 8 nitrogen and oxygen atoms in total. The van der Waals surface area contributed by atoms with Crippen LogP contribution in [0.4, 0.5) is 0 Å². The van der Waals surface area contributed by atoms with Crippen molar-refractivity contribution in [2.45, 2.75) is 58.5 Å². The maximum absolute atomic E-state index is 12.0. The summed E-state index contributed by atoms with van der Waals surface area (Å²) in [4.78, 5) is 12.0. The summed E-state index contributed by atoms with van der Waals surface area (Å²) >= 11 is 0. The lowest BCUT2D eigenvalue weighted by Crippen LogP contribution is -2.59. The monoisotopic (exact) mass is 431 g/mol. The molecule has 3 aliphatic carbocycles. The molecule has 0 bridgehead atoms. The predicted octanol–water partition coefficient (Wildman–Crippen LogP) is 2.54. The van der Waals surface area contributed by atoms with E-state index in [1.807, 2.05) is 6.92 Å². The quantitative estimate of drug-likeness (QED) is 0.396. The van der Waals surface area contributed by atoms with Crippen LogP contribution in [0.5, 0.6) is 0 Å². The number of hydrogen-bond acceptors (Lipinski definition) is 7. The first-order valence-electron chi connectivity index (χ1n) is 10.2. The first kappa shape index (κ1) is 22.7. The Morgan fingerprint density at radius 3 is 2.72 bits per heavy atom. The standard InChI is InChI=1S/C20H30O7S.H3N/c1-19-8-7-17(21)20(2,11-27-28(23,24)25)16(19)6-3-12-9-13-10-26-18(22)14(13)4-5-15(12)19;/h4,12-13,15-17,21H,3,5-11H2,1-2H3,(H,23,24,25);1H3/t12?,13-,15?,16+,17-,19+,20+;/m1./s1. The molecule has 29 heavy (non-hydrogen) atoms. The van der Waals surface area contributed by atoms with Crippen molar-refractivity contribution < 1.29 is 31.8 Å². The van der Waals surface area contributed by atoms with E-state index in [2.05, 4.69) is 17.2 Å². The van der Waals surface area contributed by atoms with E-state index in [1.165, 1.54) is 0 Å². The summed E-state index contributed by atoms with van der Waals surface area (Å²) in [5.41, 5.74) is -0.0788. The number of rotatable bonds is 3. The SMILES string of the molecule is C[C@@]1(COS(=O)(=O)[O-])[C@H](O)CC[C@@]2(C)C3CC=C4C(=O)OC[C@H]4CC3CC[C@H]12.[NH4+]. The third kappa shape index (κ3) is 3.76. The number of cyclic esters (lactones) is 1. The van der Waals surface area contributed by atoms with Gasteiger partial charge < -0.3 is 20.5 Å². The van der Waals surface area contributed by atoms with Crippen molar-refractivity contribution in [2.24, 2.45) is 34.5 Å². The second kappa shape index (κ2) is 7.60. The van der Waals surface area contributed by atoms with Crippen LogP contribution in [0.3, 0.4) is 0 Å². The number of allylic oxidation sites excluding steroid dienone is 1. The van der Waals surface area contributed by atoms with Gasteiger partial charge in [0.2, 0.25) is 10.4 Å². The Bertz CT molecular complexity index is 797. The maximum atomic E-state index is 12.0. The molecule has 1 aliphatic heterocycles. The largest absolute Gasteiger partial charge is 0.726 e. The van der Waals surface area contributed by atoms with Crippen LogP contribution in [0.2, 0.25) is 0 Å². The Hall–Kier alpha value is -1.00. The van der Waals surface area contributed by atoms with E-state index < -0.39 is 21.9 Å². The lowest BCUT2D eigenvalue weighted by molar-refractivity contribution is -0.170. The van der Waals surface area contributed by atoms with Crippen LogP contribution in [0.25, 0.3) is 0 Å². The number of aliphatic hydroxyl groups excluding tert-OH is 1. The fraction of sp³-hybridized carbons (Fsp3) is 0.850. The fourth-order valence-corrected chi connectivity index (χ4v) is 7.28. The summed E-state index contributed by atoms with van der Waals surface area (Å²) in [6, 6.07) is 0. The average molecular weight is 432 g/mol. The molecule has 9 heteroatoms. The molecule has 4 rings (SSSR count). The summed E-state index contributed by atoms with van der Waals surface area (Å²) in [7, 11) is -4.81. The zero-order chi connectivity index (χ0) is 20.3. The van der Waals surface area contributed by atoms with Gasteiger partial charge >= 0.3 is 5.97 Å². The van der Waals surface area contributed by atoms with Gasteiger partial charge in [-0.1, -0.05) is 19.9 Å². The lowest BCUT2D eigenvalue weighted by Gasteiger charge is -2.61. The zero-order valence-corrected chi connectivity index (χ0v) is 18.2. The van der Waals surface area contributed by atoms with Crippen LogP contribution in [0, 0.1) is 34.5 Å². The van der Waals surface area contributed by atoms with Crippen LogP contribution >= 0.6 is 0 Å². The van der Waals surface area contributed by atoms with Gasteiger partial charge in [0.15, 0.2) is 0 Å². The van der Waals surface area contributed by atoms with E-state index in [4.69, 9.17) is 4.74 Å². The number of quaternary nitrogens is 1. The first-order valence-corrected chi connectivity index (χ1v) is 11.5. The highest BCUT2D eigenvalue weighted by Crippen LogP contribution is 2.63. The van der Waals surface area contributed by atoms with Gasteiger partial charge in [-0.2, -0.15) is 0 Å². The van der Waals surface area contributed by atoms with Crippen molar-refractivity contribution in [3.8, 4) is 0 Å². The topological polar surface area (TPSA) is 149 Å². The van der Waals surface area contributed by atoms with E-state index in [0.29, 0.717) is 24.9 Å². The molecular formula is C20H33NO7S. The molecular weight excluding hydrogens is 398 g/mol. The van der Waals surface area contributed by atoms with Gasteiger partial charge in [-0.15, -0.1) is 0 Å². The van der Waals surface area contributed by atoms with Crippen molar-refractivity contribution in [2.75, 3.05) is 13.2 Å². The lowest BCUT2D eigenvalue weighted by atomic mass is 9.45. The highest BCUT2D eigenvalue weighted by atomic mass is 32.3. The molecule has 0 amide bonds. The molecule has 166 valence electrons. The smallest absolute Gasteiger partial charge is 0.334 e. The molecule has 1 heterocycles. The Kier molecular flexibility index (Phi) is 5.95. The second-order valence-corrected chi connectivity index (χ2v) is 10.7. The normalized spacial score (nSPS) is 44.3. The Morgan fingerprint density at radius 2 is 2.03 bits per heavy atom. The molecule has 4 aliphatic rings. The van der Waals surface area contributed by atoms with Gasteiger partial charge in [0.05, 0.1) is 19.3 Å². The Balaban J connectivity index is 0.00000240. The number of carbonyl (C=O) groups excluding carboxylic acids is 1. The van der Waals surface area contributed by atoms with E-state index in [-0.39, 0.29) is 36.0 Å². The van der Waals surface area contributed by atoms with Crippen LogP contribution < -0.4 is 6.15 Å². The van der Waals surface area contributed by atoms with Crippen molar-refractivity contribution in [1.29, 1.82) is 0 Å². The Labute approximate surface area is 172 Å². The van der Waals surface area contributed by atoms with Gasteiger partial charge in [-0.25, -0.2) is 13.2 Å². The van der Waals surface area contributed by atoms with Crippen molar-refractivity contribution >= 4 is 16.4 Å². The van der Waals surface area contributed by atoms with Crippen LogP contribution in [0.1, 0.15) is 52.4 Å². The van der Waals surface area contributed by atoms with Crippen molar-refractivity contribution in [1.82, 2.24) is 6.15 Å². The van der Waals surface area contributed by atoms with Crippen molar-refractivity contribution in [3.05, 3.63) is 11.6 Å². The van der Waals surface area contributed by atoms with Gasteiger partial charge in [-0.3, -0.25) is 4.18 Å². The van der Waals surface area contributed by atoms with Gasteiger partial charge in [0, 0.05) is 16.9 Å². The van der Waals surface area contributed by atoms with E-state index >= 15 is 0 Å². The molecule has 0 aromatic carbocycles. The summed E-state index contributed by atoms with van der Waals surface area (Å²) in [5, 5.41) is 10.7. The van der Waals surface area contributed by atoms with Gasteiger partial charge in [-0.05, 0) is 61.7 Å². The molecule has 0 aromatic heterocycles. The predicted molar refractivity (Wildman–Crippen MR) is 105 cm³/mol. The molecule has 3 fully saturated rings. The fourth-order valence-electron chi connectivity index (χ4n) is 6.88. The maximum Gasteiger partial charge on any atom is 0.334 e. The van der Waals surface area contributed by atoms with Gasteiger partial charge in [0.1, 0.15) is 0 Å². The van der Waals surface area contributed by atoms with Crippen LogP contribution in [-0.2, 0) is 24.1 Å². The number of hydrogen-bond donors (Lipinski definition) is 2. The van der Waals surface area contributed by atoms with Crippen molar-refractivity contribution in [3.63, 3.8) is 0 Å². The molecule has 1 saturated heterocycles. The average Bonchev–Trinajstić information content (AvgIpc) is 2.84. The third-order valence-electron chi connectivity index (χ3n) is 8.34. The molecule has 7 atom stereocenters. The molecule has 5 N–H and O–H groups in total. The molecule has 0 spiro atoms. The number of esters is 1. The van der Waals surface area contributed by atoms with Crippen LogP contribution in [0.15, 0.2) is 11.6 Å². The van der Waals surface area contributed by atoms with E-state index in [1.54, 1.807) is 0 Å². The second-order valence-electron chi connectivity index (χ2n) is 9.66. The summed E-state index contributed by atoms with van der Waals surface area (Å²) < 4.78 is 43.1. The van der Waals surface area contributed by atoms with Crippen LogP contribution in [-0.4, -0.2) is 43.4 Å². The minimum Gasteiger partial charge on any atom is -0.726 e. The molecule has 2 saturated carbocycles. The zero-order valence-electron chi connectivity index (χ0n) is 17.4. The molecule has 0 aromatic rings. The summed E-state index contributed by atoms with van der Waals surface area (Å²) in [6.07, 6.45) is 6.30. The number of aliphatic hydroxyl groups is 1. The highest BCUT2D eigenvalue weighted by Gasteiger charge is 2.59. The summed E-state index contributed by atoms with van der Waals surface area (Å²) in [6.45, 7) is 4.28. The number of fused-ring (bicyclic) bond motifs is 4. The van der Waals surface area contributed by atoms with Gasteiger partial charge in [0.25, 0.3) is 0 Å². The first-order chi connectivity index (χ1) is 13.0. The minimum atomic E-state index is -4.81. The third-order valence-corrected chi connectivity index (χ3v) is 8.74. The van der Waals surface area contributed by atoms with E-state index in [9.17, 15) is 22.9 Å². The van der Waals surface area contributed by atoms with E-state index in [0.717, 1.165) is 37.7 Å².